The van der Waals surface area contributed by atoms with Gasteiger partial charge in [-0.25, -0.2) is 4.39 Å². The fraction of sp³-hybridized carbons (Fsp3) is 0.480. The molecule has 1 N–H and O–H groups in total. The average Bonchev–Trinajstić information content (AvgIpc) is 3.63. The number of aliphatic hydroxyl groups excluding tert-OH is 1. The fourth-order valence-corrected chi connectivity index (χ4v) is 4.13. The van der Waals surface area contributed by atoms with Crippen molar-refractivity contribution >= 4 is 17.5 Å². The SMILES string of the molecule is O=C(c1ccc(F)cc1)N(CC1CC1)CC1CN(CC(O)COc2ccc(Cl)cc2)CCO1. The molecule has 1 saturated carbocycles. The Morgan fingerprint density at radius 1 is 1.18 bits per heavy atom. The normalized spacial score (nSPS) is 19.8. The van der Waals surface area contributed by atoms with Crippen molar-refractivity contribution in [2.24, 2.45) is 5.92 Å². The first kappa shape index (κ1) is 24.0. The smallest absolute Gasteiger partial charge is 0.253 e. The van der Waals surface area contributed by atoms with Crippen LogP contribution in [0.3, 0.4) is 0 Å². The van der Waals surface area contributed by atoms with Crippen LogP contribution in [0, 0.1) is 11.7 Å². The molecule has 0 aromatic heterocycles. The average molecular weight is 477 g/mol. The van der Waals surface area contributed by atoms with E-state index in [1.165, 1.54) is 24.3 Å². The van der Waals surface area contributed by atoms with Crippen LogP contribution in [0.1, 0.15) is 23.2 Å². The molecule has 2 aliphatic rings. The van der Waals surface area contributed by atoms with Gasteiger partial charge in [0.1, 0.15) is 24.3 Å². The van der Waals surface area contributed by atoms with Gasteiger partial charge in [-0.15, -0.1) is 0 Å². The number of ether oxygens (including phenoxy) is 2. The molecule has 178 valence electrons. The molecule has 4 rings (SSSR count). The van der Waals surface area contributed by atoms with Crippen molar-refractivity contribution in [1.29, 1.82) is 0 Å². The molecule has 1 amide bonds. The summed E-state index contributed by atoms with van der Waals surface area (Å²) in [6.45, 7) is 3.67. The number of benzene rings is 2. The van der Waals surface area contributed by atoms with E-state index in [1.54, 1.807) is 24.3 Å². The van der Waals surface area contributed by atoms with Crippen LogP contribution >= 0.6 is 11.6 Å². The summed E-state index contributed by atoms with van der Waals surface area (Å²) in [5.74, 6) is 0.735. The minimum atomic E-state index is -0.650. The lowest BCUT2D eigenvalue weighted by Crippen LogP contribution is -2.51. The van der Waals surface area contributed by atoms with Crippen molar-refractivity contribution in [2.45, 2.75) is 25.0 Å². The van der Waals surface area contributed by atoms with Crippen LogP contribution in [-0.4, -0.2) is 79.0 Å². The number of halogens is 2. The molecule has 1 heterocycles. The van der Waals surface area contributed by atoms with E-state index in [1.807, 2.05) is 4.90 Å². The summed E-state index contributed by atoms with van der Waals surface area (Å²) in [5.41, 5.74) is 0.486. The number of hydrogen-bond acceptors (Lipinski definition) is 5. The van der Waals surface area contributed by atoms with Gasteiger partial charge >= 0.3 is 0 Å². The van der Waals surface area contributed by atoms with Crippen LogP contribution < -0.4 is 4.74 Å². The molecule has 0 bridgehead atoms. The molecule has 0 radical (unpaired) electrons. The molecule has 2 aromatic rings. The second-order valence-corrected chi connectivity index (χ2v) is 9.27. The van der Waals surface area contributed by atoms with Gasteiger partial charge in [0.2, 0.25) is 0 Å². The van der Waals surface area contributed by atoms with Crippen molar-refractivity contribution in [2.75, 3.05) is 45.9 Å². The van der Waals surface area contributed by atoms with Crippen LogP contribution in [0.15, 0.2) is 48.5 Å². The lowest BCUT2D eigenvalue weighted by atomic mass is 10.1. The van der Waals surface area contributed by atoms with Crippen molar-refractivity contribution in [3.05, 3.63) is 64.9 Å². The van der Waals surface area contributed by atoms with Crippen LogP contribution in [0.25, 0.3) is 0 Å². The van der Waals surface area contributed by atoms with E-state index in [4.69, 9.17) is 21.1 Å². The topological polar surface area (TPSA) is 62.2 Å². The van der Waals surface area contributed by atoms with E-state index < -0.39 is 6.10 Å². The molecule has 1 aliphatic carbocycles. The molecule has 6 nitrogen and oxygen atoms in total. The zero-order chi connectivity index (χ0) is 23.2. The molecule has 1 saturated heterocycles. The molecule has 2 aromatic carbocycles. The van der Waals surface area contributed by atoms with Crippen LogP contribution in [-0.2, 0) is 4.74 Å². The van der Waals surface area contributed by atoms with E-state index in [-0.39, 0.29) is 24.4 Å². The highest BCUT2D eigenvalue weighted by atomic mass is 35.5. The van der Waals surface area contributed by atoms with Crippen LogP contribution in [0.5, 0.6) is 5.75 Å². The molecule has 2 atom stereocenters. The summed E-state index contributed by atoms with van der Waals surface area (Å²) in [7, 11) is 0. The Bertz CT molecular complexity index is 908. The second kappa shape index (κ2) is 11.3. The Hall–Kier alpha value is -2.19. The zero-order valence-corrected chi connectivity index (χ0v) is 19.3. The fourth-order valence-electron chi connectivity index (χ4n) is 4.00. The summed E-state index contributed by atoms with van der Waals surface area (Å²) < 4.78 is 24.9. The lowest BCUT2D eigenvalue weighted by molar-refractivity contribution is -0.0538. The number of nitrogens with zero attached hydrogens (tertiary/aromatic N) is 2. The van der Waals surface area contributed by atoms with Gasteiger partial charge in [0.15, 0.2) is 0 Å². The Morgan fingerprint density at radius 2 is 1.91 bits per heavy atom. The molecule has 1 aliphatic heterocycles. The Morgan fingerprint density at radius 3 is 2.61 bits per heavy atom. The molecule has 2 unspecified atom stereocenters. The predicted molar refractivity (Wildman–Crippen MR) is 124 cm³/mol. The summed E-state index contributed by atoms with van der Waals surface area (Å²) in [6, 6.07) is 12.7. The lowest BCUT2D eigenvalue weighted by Gasteiger charge is -2.36. The highest BCUT2D eigenvalue weighted by Gasteiger charge is 2.31. The van der Waals surface area contributed by atoms with E-state index >= 15 is 0 Å². The third-order valence-corrected chi connectivity index (χ3v) is 6.18. The molecule has 2 fully saturated rings. The molecular weight excluding hydrogens is 447 g/mol. The van der Waals surface area contributed by atoms with Crippen molar-refractivity contribution in [1.82, 2.24) is 9.80 Å². The quantitative estimate of drug-likeness (QED) is 0.569. The van der Waals surface area contributed by atoms with Gasteiger partial charge in [-0.2, -0.15) is 0 Å². The maximum absolute atomic E-state index is 13.3. The van der Waals surface area contributed by atoms with Crippen LogP contribution in [0.4, 0.5) is 4.39 Å². The standard InChI is InChI=1S/C25H30ClFN2O4/c26-20-5-9-23(10-6-20)33-17-22(30)14-28-11-12-32-24(15-28)16-29(13-18-1-2-18)25(31)19-3-7-21(27)8-4-19/h3-10,18,22,24,30H,1-2,11-17H2. The van der Waals surface area contributed by atoms with Gasteiger partial charge in [0.25, 0.3) is 5.91 Å². The van der Waals surface area contributed by atoms with Gasteiger partial charge in [-0.3, -0.25) is 9.69 Å². The number of rotatable bonds is 10. The molecule has 33 heavy (non-hydrogen) atoms. The number of carbonyl (C=O) groups is 1. The van der Waals surface area contributed by atoms with E-state index in [0.29, 0.717) is 61.6 Å². The van der Waals surface area contributed by atoms with Crippen molar-refractivity contribution < 1.29 is 23.8 Å². The van der Waals surface area contributed by atoms with Gasteiger partial charge < -0.3 is 19.5 Å². The number of β-amino-alcohol motifs (C(OH)–C–C–N with tert-alkyl or cyclic N) is 1. The van der Waals surface area contributed by atoms with Gasteiger partial charge in [0.05, 0.1) is 12.7 Å². The molecular formula is C25H30ClFN2O4. The number of carbonyl (C=O) groups excluding carboxylic acids is 1. The third-order valence-electron chi connectivity index (χ3n) is 5.93. The minimum absolute atomic E-state index is 0.0981. The molecule has 8 heteroatoms. The number of morpholine rings is 1. The highest BCUT2D eigenvalue weighted by Crippen LogP contribution is 2.30. The first-order chi connectivity index (χ1) is 16.0. The summed E-state index contributed by atoms with van der Waals surface area (Å²) in [5, 5.41) is 11.1. The monoisotopic (exact) mass is 476 g/mol. The first-order valence-corrected chi connectivity index (χ1v) is 11.8. The van der Waals surface area contributed by atoms with Gasteiger partial charge in [-0.1, -0.05) is 11.6 Å². The summed E-state index contributed by atoms with van der Waals surface area (Å²) in [4.78, 5) is 17.0. The van der Waals surface area contributed by atoms with E-state index in [0.717, 1.165) is 12.8 Å². The van der Waals surface area contributed by atoms with Crippen molar-refractivity contribution in [3.8, 4) is 5.75 Å². The largest absolute Gasteiger partial charge is 0.491 e. The second-order valence-electron chi connectivity index (χ2n) is 8.83. The van der Waals surface area contributed by atoms with Gasteiger partial charge in [0, 0.05) is 43.3 Å². The van der Waals surface area contributed by atoms with Gasteiger partial charge in [-0.05, 0) is 67.3 Å². The maximum atomic E-state index is 13.3. The van der Waals surface area contributed by atoms with Crippen LogP contribution in [0.2, 0.25) is 5.02 Å². The van der Waals surface area contributed by atoms with E-state index in [9.17, 15) is 14.3 Å². The minimum Gasteiger partial charge on any atom is -0.491 e. The zero-order valence-electron chi connectivity index (χ0n) is 18.5. The van der Waals surface area contributed by atoms with Crippen molar-refractivity contribution in [3.63, 3.8) is 0 Å². The maximum Gasteiger partial charge on any atom is 0.253 e. The number of hydrogen-bond donors (Lipinski definition) is 1. The summed E-state index contributed by atoms with van der Waals surface area (Å²) >= 11 is 5.88. The number of amides is 1. The predicted octanol–water partition coefficient (Wildman–Crippen LogP) is 3.47. The Labute approximate surface area is 198 Å². The first-order valence-electron chi connectivity index (χ1n) is 11.4. The Kier molecular flexibility index (Phi) is 8.20. The summed E-state index contributed by atoms with van der Waals surface area (Å²) in [6.07, 6.45) is 1.46. The molecule has 0 spiro atoms. The third kappa shape index (κ3) is 7.40. The Balaban J connectivity index is 1.29. The van der Waals surface area contributed by atoms with E-state index in [2.05, 4.69) is 4.90 Å². The highest BCUT2D eigenvalue weighted by molar-refractivity contribution is 6.30. The number of aliphatic hydroxyl groups is 1.